The summed E-state index contributed by atoms with van der Waals surface area (Å²) in [6, 6.07) is 5.79. The third-order valence-electron chi connectivity index (χ3n) is 4.07. The third-order valence-corrected chi connectivity index (χ3v) is 4.07. The second kappa shape index (κ2) is 6.83. The first kappa shape index (κ1) is 14.9. The van der Waals surface area contributed by atoms with Crippen molar-refractivity contribution in [2.24, 2.45) is 0 Å². The van der Waals surface area contributed by atoms with Crippen LogP contribution in [0.4, 0.5) is 5.69 Å². The molecule has 1 aromatic carbocycles. The van der Waals surface area contributed by atoms with Crippen molar-refractivity contribution in [3.05, 3.63) is 30.0 Å². The summed E-state index contributed by atoms with van der Waals surface area (Å²) < 4.78 is 5.64. The molecule has 1 fully saturated rings. The van der Waals surface area contributed by atoms with Crippen LogP contribution in [0.2, 0.25) is 0 Å². The number of piperazine rings is 1. The fraction of sp³-hybridized carbons (Fsp3) is 0.471. The van der Waals surface area contributed by atoms with Crippen LogP contribution in [-0.4, -0.2) is 38.6 Å². The van der Waals surface area contributed by atoms with Crippen LogP contribution in [0.25, 0.3) is 11.0 Å². The van der Waals surface area contributed by atoms with Gasteiger partial charge < -0.3 is 20.0 Å². The average Bonchev–Trinajstić information content (AvgIpc) is 3.03. The van der Waals surface area contributed by atoms with Crippen molar-refractivity contribution in [1.29, 1.82) is 0 Å². The smallest absolute Gasteiger partial charge is 0.251 e. The zero-order chi connectivity index (χ0) is 15.4. The van der Waals surface area contributed by atoms with Gasteiger partial charge in [-0.15, -0.1) is 0 Å². The molecule has 5 heteroatoms. The standard InChI is InChI=1S/C17H23N3O2/c1-2-3-5-19-17(21)14-11-13-4-10-22-16(13)15(12-14)20-8-6-18-7-9-20/h4,10-12,18H,2-3,5-9H2,1H3,(H,19,21). The summed E-state index contributed by atoms with van der Waals surface area (Å²) in [6.45, 7) is 6.60. The van der Waals surface area contributed by atoms with Gasteiger partial charge in [0.05, 0.1) is 12.0 Å². The molecule has 22 heavy (non-hydrogen) atoms. The Kier molecular flexibility index (Phi) is 4.63. The molecule has 0 saturated carbocycles. The lowest BCUT2D eigenvalue weighted by molar-refractivity contribution is 0.0953. The summed E-state index contributed by atoms with van der Waals surface area (Å²) in [5.74, 6) is -0.00654. The van der Waals surface area contributed by atoms with Gasteiger partial charge in [-0.1, -0.05) is 13.3 Å². The van der Waals surface area contributed by atoms with Crippen molar-refractivity contribution in [3.63, 3.8) is 0 Å². The van der Waals surface area contributed by atoms with Crippen LogP contribution in [0.5, 0.6) is 0 Å². The Labute approximate surface area is 130 Å². The van der Waals surface area contributed by atoms with E-state index in [2.05, 4.69) is 22.5 Å². The Morgan fingerprint density at radius 1 is 1.36 bits per heavy atom. The van der Waals surface area contributed by atoms with Crippen molar-refractivity contribution in [3.8, 4) is 0 Å². The Bertz CT molecular complexity index is 644. The highest BCUT2D eigenvalue weighted by Crippen LogP contribution is 2.30. The third kappa shape index (κ3) is 3.09. The van der Waals surface area contributed by atoms with Gasteiger partial charge in [-0.2, -0.15) is 0 Å². The van der Waals surface area contributed by atoms with Gasteiger partial charge in [0.15, 0.2) is 5.58 Å². The molecular weight excluding hydrogens is 278 g/mol. The van der Waals surface area contributed by atoms with Crippen LogP contribution in [0.1, 0.15) is 30.1 Å². The minimum Gasteiger partial charge on any atom is -0.462 e. The van der Waals surface area contributed by atoms with Crippen LogP contribution < -0.4 is 15.5 Å². The Hall–Kier alpha value is -2.01. The maximum atomic E-state index is 12.3. The van der Waals surface area contributed by atoms with Gasteiger partial charge in [0.25, 0.3) is 5.91 Å². The van der Waals surface area contributed by atoms with E-state index in [1.54, 1.807) is 6.26 Å². The molecule has 1 aliphatic rings. The first-order valence-electron chi connectivity index (χ1n) is 8.04. The maximum absolute atomic E-state index is 12.3. The molecule has 3 rings (SSSR count). The zero-order valence-electron chi connectivity index (χ0n) is 13.0. The quantitative estimate of drug-likeness (QED) is 0.833. The molecule has 1 saturated heterocycles. The van der Waals surface area contributed by atoms with Gasteiger partial charge in [0.1, 0.15) is 0 Å². The van der Waals surface area contributed by atoms with E-state index in [1.807, 2.05) is 18.2 Å². The monoisotopic (exact) mass is 301 g/mol. The lowest BCUT2D eigenvalue weighted by Crippen LogP contribution is -2.43. The summed E-state index contributed by atoms with van der Waals surface area (Å²) in [4.78, 5) is 14.6. The van der Waals surface area contributed by atoms with Crippen molar-refractivity contribution in [2.45, 2.75) is 19.8 Å². The minimum atomic E-state index is -0.00654. The highest BCUT2D eigenvalue weighted by molar-refractivity contribution is 6.02. The number of benzene rings is 1. The number of anilines is 1. The summed E-state index contributed by atoms with van der Waals surface area (Å²) in [7, 11) is 0. The van der Waals surface area contributed by atoms with Gasteiger partial charge in [-0.05, 0) is 24.6 Å². The Balaban J connectivity index is 1.89. The van der Waals surface area contributed by atoms with Crippen molar-refractivity contribution in [1.82, 2.24) is 10.6 Å². The van der Waals surface area contributed by atoms with Gasteiger partial charge in [0.2, 0.25) is 0 Å². The van der Waals surface area contributed by atoms with Crippen molar-refractivity contribution < 1.29 is 9.21 Å². The number of carbonyl (C=O) groups is 1. The van der Waals surface area contributed by atoms with E-state index < -0.39 is 0 Å². The first-order chi connectivity index (χ1) is 10.8. The number of hydrogen-bond donors (Lipinski definition) is 2. The zero-order valence-corrected chi connectivity index (χ0v) is 13.0. The van der Waals surface area contributed by atoms with E-state index in [1.165, 1.54) is 0 Å². The SMILES string of the molecule is CCCCNC(=O)c1cc(N2CCNCC2)c2occc2c1. The number of furan rings is 1. The molecule has 0 spiro atoms. The van der Waals surface area contributed by atoms with Gasteiger partial charge >= 0.3 is 0 Å². The number of rotatable bonds is 5. The molecule has 0 aliphatic carbocycles. The number of unbranched alkanes of at least 4 members (excludes halogenated alkanes) is 1. The molecule has 2 aromatic rings. The average molecular weight is 301 g/mol. The molecule has 0 unspecified atom stereocenters. The lowest BCUT2D eigenvalue weighted by atomic mass is 10.1. The molecular formula is C17H23N3O2. The lowest BCUT2D eigenvalue weighted by Gasteiger charge is -2.29. The molecule has 1 aromatic heterocycles. The summed E-state index contributed by atoms with van der Waals surface area (Å²) in [6.07, 6.45) is 3.77. The van der Waals surface area contributed by atoms with E-state index in [9.17, 15) is 4.79 Å². The number of hydrogen-bond acceptors (Lipinski definition) is 4. The maximum Gasteiger partial charge on any atom is 0.251 e. The number of fused-ring (bicyclic) bond motifs is 1. The van der Waals surface area contributed by atoms with Crippen LogP contribution in [0.3, 0.4) is 0 Å². The fourth-order valence-corrected chi connectivity index (χ4v) is 2.82. The van der Waals surface area contributed by atoms with Crippen molar-refractivity contribution in [2.75, 3.05) is 37.6 Å². The summed E-state index contributed by atoms with van der Waals surface area (Å²) >= 11 is 0. The Morgan fingerprint density at radius 2 is 2.18 bits per heavy atom. The highest BCUT2D eigenvalue weighted by Gasteiger charge is 2.18. The normalized spacial score (nSPS) is 15.2. The van der Waals surface area contributed by atoms with Crippen LogP contribution >= 0.6 is 0 Å². The van der Waals surface area contributed by atoms with E-state index in [-0.39, 0.29) is 5.91 Å². The predicted octanol–water partition coefficient (Wildman–Crippen LogP) is 2.37. The second-order valence-electron chi connectivity index (χ2n) is 5.68. The minimum absolute atomic E-state index is 0.00654. The molecule has 0 atom stereocenters. The molecule has 0 radical (unpaired) electrons. The van der Waals surface area contributed by atoms with Gasteiger partial charge in [-0.3, -0.25) is 4.79 Å². The molecule has 2 N–H and O–H groups in total. The van der Waals surface area contributed by atoms with Crippen LogP contribution in [0, 0.1) is 0 Å². The Morgan fingerprint density at radius 3 is 2.95 bits per heavy atom. The highest BCUT2D eigenvalue weighted by atomic mass is 16.3. The number of carbonyl (C=O) groups excluding carboxylic acids is 1. The van der Waals surface area contributed by atoms with Gasteiger partial charge in [0, 0.05) is 43.7 Å². The van der Waals surface area contributed by atoms with Crippen LogP contribution in [0.15, 0.2) is 28.9 Å². The summed E-state index contributed by atoms with van der Waals surface area (Å²) in [5, 5.41) is 7.32. The van der Waals surface area contributed by atoms with Crippen molar-refractivity contribution >= 4 is 22.6 Å². The topological polar surface area (TPSA) is 57.5 Å². The predicted molar refractivity (Wildman–Crippen MR) is 88.5 cm³/mol. The molecule has 2 heterocycles. The molecule has 1 amide bonds. The molecule has 1 aliphatic heterocycles. The largest absolute Gasteiger partial charge is 0.462 e. The molecule has 118 valence electrons. The number of nitrogens with one attached hydrogen (secondary N) is 2. The van der Waals surface area contributed by atoms with Gasteiger partial charge in [-0.25, -0.2) is 0 Å². The number of amides is 1. The molecule has 5 nitrogen and oxygen atoms in total. The fourth-order valence-electron chi connectivity index (χ4n) is 2.82. The first-order valence-corrected chi connectivity index (χ1v) is 8.04. The van der Waals surface area contributed by atoms with E-state index >= 15 is 0 Å². The van der Waals surface area contributed by atoms with E-state index in [4.69, 9.17) is 4.42 Å². The van der Waals surface area contributed by atoms with Crippen LogP contribution in [-0.2, 0) is 0 Å². The van der Waals surface area contributed by atoms with E-state index in [0.29, 0.717) is 5.56 Å². The summed E-state index contributed by atoms with van der Waals surface area (Å²) in [5.41, 5.74) is 2.59. The number of nitrogens with zero attached hydrogens (tertiary/aromatic N) is 1. The second-order valence-corrected chi connectivity index (χ2v) is 5.68. The van der Waals surface area contributed by atoms with E-state index in [0.717, 1.165) is 62.2 Å². The molecule has 0 bridgehead atoms.